The molecule has 1 aliphatic heterocycles. The lowest BCUT2D eigenvalue weighted by atomic mass is 10.0. The van der Waals surface area contributed by atoms with E-state index in [1.807, 2.05) is 29.7 Å². The summed E-state index contributed by atoms with van der Waals surface area (Å²) >= 11 is 0. The minimum Gasteiger partial charge on any atom is -0.357 e. The topological polar surface area (TPSA) is 63.3 Å². The fraction of sp³-hybridized carbons (Fsp3) is 0.632. The highest BCUT2D eigenvalue weighted by Gasteiger charge is 2.26. The van der Waals surface area contributed by atoms with Gasteiger partial charge in [0.15, 0.2) is 5.96 Å². The zero-order chi connectivity index (χ0) is 18.7. The molecule has 27 heavy (non-hydrogen) atoms. The van der Waals surface area contributed by atoms with Crippen LogP contribution in [0.15, 0.2) is 17.4 Å². The van der Waals surface area contributed by atoms with Gasteiger partial charge in [-0.15, -0.1) is 24.0 Å². The van der Waals surface area contributed by atoms with Crippen LogP contribution in [0.5, 0.6) is 0 Å². The molecular formula is C19H32IN7. The molecule has 0 aliphatic carbocycles. The second kappa shape index (κ2) is 9.57. The van der Waals surface area contributed by atoms with Crippen LogP contribution in [0.3, 0.4) is 0 Å². The molecule has 1 aliphatic rings. The number of rotatable bonds is 5. The number of nitrogens with one attached hydrogen (secondary N) is 1. The lowest BCUT2D eigenvalue weighted by Gasteiger charge is -2.21. The van der Waals surface area contributed by atoms with Crippen LogP contribution < -0.4 is 5.32 Å². The summed E-state index contributed by atoms with van der Waals surface area (Å²) in [7, 11) is 3.98. The van der Waals surface area contributed by atoms with Crippen molar-refractivity contribution in [3.63, 3.8) is 0 Å². The van der Waals surface area contributed by atoms with Gasteiger partial charge in [-0.1, -0.05) is 0 Å². The molecule has 0 saturated carbocycles. The number of guanidine groups is 1. The van der Waals surface area contributed by atoms with E-state index in [9.17, 15) is 0 Å². The van der Waals surface area contributed by atoms with Crippen LogP contribution in [0, 0.1) is 13.8 Å². The number of aromatic nitrogens is 4. The van der Waals surface area contributed by atoms with Crippen molar-refractivity contribution in [1.29, 1.82) is 0 Å². The molecule has 7 nitrogen and oxygen atoms in total. The van der Waals surface area contributed by atoms with Crippen LogP contribution in [-0.4, -0.2) is 56.6 Å². The highest BCUT2D eigenvalue weighted by molar-refractivity contribution is 14.0. The smallest absolute Gasteiger partial charge is 0.193 e. The largest absolute Gasteiger partial charge is 0.357 e. The van der Waals surface area contributed by atoms with Gasteiger partial charge in [0.1, 0.15) is 0 Å². The highest BCUT2D eigenvalue weighted by Crippen LogP contribution is 2.26. The predicted molar refractivity (Wildman–Crippen MR) is 120 cm³/mol. The Bertz CT molecular complexity index is 777. The third-order valence-corrected chi connectivity index (χ3v) is 5.30. The Morgan fingerprint density at radius 2 is 2.11 bits per heavy atom. The number of likely N-dealkylation sites (tertiary alicyclic amines) is 1. The molecule has 1 atom stereocenters. The monoisotopic (exact) mass is 485 g/mol. The summed E-state index contributed by atoms with van der Waals surface area (Å²) in [6.07, 6.45) is 6.20. The standard InChI is InChI=1S/C19H31N7.HI/c1-6-20-19(21-9-7-18-14(2)23-25(5)15(18)3)26-10-8-16(13-26)17-11-22-24(4)12-17;/h11-12,16H,6-10,13H2,1-5H3,(H,20,21);1H. The first-order valence-corrected chi connectivity index (χ1v) is 9.50. The van der Waals surface area contributed by atoms with E-state index in [0.29, 0.717) is 5.92 Å². The maximum absolute atomic E-state index is 4.89. The summed E-state index contributed by atoms with van der Waals surface area (Å²) in [5.41, 5.74) is 5.00. The van der Waals surface area contributed by atoms with Gasteiger partial charge in [0.2, 0.25) is 0 Å². The minimum absolute atomic E-state index is 0. The first-order valence-electron chi connectivity index (χ1n) is 9.50. The molecule has 0 spiro atoms. The molecule has 0 radical (unpaired) electrons. The summed E-state index contributed by atoms with van der Waals surface area (Å²) in [6, 6.07) is 0. The summed E-state index contributed by atoms with van der Waals surface area (Å²) in [5, 5.41) is 12.3. The Hall–Kier alpha value is -1.58. The van der Waals surface area contributed by atoms with Crippen LogP contribution in [-0.2, 0) is 20.5 Å². The molecule has 0 bridgehead atoms. The third-order valence-electron chi connectivity index (χ3n) is 5.30. The second-order valence-corrected chi connectivity index (χ2v) is 7.14. The second-order valence-electron chi connectivity index (χ2n) is 7.14. The highest BCUT2D eigenvalue weighted by atomic mass is 127. The first-order chi connectivity index (χ1) is 12.5. The fourth-order valence-electron chi connectivity index (χ4n) is 3.75. The molecule has 1 fully saturated rings. The van der Waals surface area contributed by atoms with Crippen molar-refractivity contribution in [2.75, 3.05) is 26.2 Å². The number of aliphatic imine (C=N–C) groups is 1. The number of hydrogen-bond acceptors (Lipinski definition) is 3. The molecule has 2 aromatic rings. The van der Waals surface area contributed by atoms with Crippen LogP contribution in [0.4, 0.5) is 0 Å². The van der Waals surface area contributed by atoms with Gasteiger partial charge in [-0.05, 0) is 44.7 Å². The lowest BCUT2D eigenvalue weighted by molar-refractivity contribution is 0.486. The van der Waals surface area contributed by atoms with Gasteiger partial charge in [-0.2, -0.15) is 10.2 Å². The molecule has 3 heterocycles. The maximum atomic E-state index is 4.89. The van der Waals surface area contributed by atoms with Crippen molar-refractivity contribution in [3.8, 4) is 0 Å². The van der Waals surface area contributed by atoms with E-state index in [1.54, 1.807) is 0 Å². The Balaban J connectivity index is 0.00000261. The van der Waals surface area contributed by atoms with E-state index in [-0.39, 0.29) is 24.0 Å². The zero-order valence-electron chi connectivity index (χ0n) is 17.1. The average molecular weight is 485 g/mol. The summed E-state index contributed by atoms with van der Waals surface area (Å²) < 4.78 is 3.84. The van der Waals surface area contributed by atoms with Gasteiger partial charge in [0.25, 0.3) is 0 Å². The number of halogens is 1. The number of nitrogens with zero attached hydrogens (tertiary/aromatic N) is 6. The minimum atomic E-state index is 0. The Labute approximate surface area is 179 Å². The Morgan fingerprint density at radius 3 is 2.70 bits per heavy atom. The molecule has 150 valence electrons. The van der Waals surface area contributed by atoms with Crippen molar-refractivity contribution in [1.82, 2.24) is 29.8 Å². The SMILES string of the molecule is CCNC(=NCCc1c(C)nn(C)c1C)N1CCC(c2cnn(C)c2)C1.I. The number of hydrogen-bond donors (Lipinski definition) is 1. The van der Waals surface area contributed by atoms with Gasteiger partial charge in [-0.25, -0.2) is 0 Å². The normalized spacial score (nSPS) is 17.3. The van der Waals surface area contributed by atoms with Gasteiger partial charge in [-0.3, -0.25) is 14.4 Å². The van der Waals surface area contributed by atoms with E-state index in [0.717, 1.165) is 50.7 Å². The van der Waals surface area contributed by atoms with E-state index >= 15 is 0 Å². The van der Waals surface area contributed by atoms with Crippen molar-refractivity contribution in [3.05, 3.63) is 34.9 Å². The van der Waals surface area contributed by atoms with E-state index in [4.69, 9.17) is 4.99 Å². The molecular weight excluding hydrogens is 453 g/mol. The molecule has 1 saturated heterocycles. The molecule has 1 N–H and O–H groups in total. The zero-order valence-corrected chi connectivity index (χ0v) is 19.4. The molecule has 1 unspecified atom stereocenters. The Kier molecular flexibility index (Phi) is 7.69. The van der Waals surface area contributed by atoms with E-state index in [2.05, 4.69) is 47.4 Å². The average Bonchev–Trinajstić information content (AvgIpc) is 3.30. The Morgan fingerprint density at radius 1 is 1.33 bits per heavy atom. The van der Waals surface area contributed by atoms with Gasteiger partial charge >= 0.3 is 0 Å². The quantitative estimate of drug-likeness (QED) is 0.402. The van der Waals surface area contributed by atoms with Gasteiger partial charge in [0, 0.05) is 58.1 Å². The van der Waals surface area contributed by atoms with Crippen molar-refractivity contribution < 1.29 is 0 Å². The fourth-order valence-corrected chi connectivity index (χ4v) is 3.75. The molecule has 3 rings (SSSR count). The predicted octanol–water partition coefficient (Wildman–Crippen LogP) is 2.39. The van der Waals surface area contributed by atoms with Crippen LogP contribution in [0.2, 0.25) is 0 Å². The molecule has 0 amide bonds. The summed E-state index contributed by atoms with van der Waals surface area (Å²) in [5.74, 6) is 1.56. The van der Waals surface area contributed by atoms with Gasteiger partial charge < -0.3 is 10.2 Å². The maximum Gasteiger partial charge on any atom is 0.193 e. The lowest BCUT2D eigenvalue weighted by Crippen LogP contribution is -2.40. The molecule has 0 aromatic carbocycles. The van der Waals surface area contributed by atoms with Crippen molar-refractivity contribution in [2.24, 2.45) is 19.1 Å². The van der Waals surface area contributed by atoms with Crippen molar-refractivity contribution >= 4 is 29.9 Å². The van der Waals surface area contributed by atoms with Crippen LogP contribution in [0.25, 0.3) is 0 Å². The molecule has 8 heteroatoms. The van der Waals surface area contributed by atoms with E-state index in [1.165, 1.54) is 16.8 Å². The summed E-state index contributed by atoms with van der Waals surface area (Å²) in [4.78, 5) is 7.27. The molecule has 2 aromatic heterocycles. The van der Waals surface area contributed by atoms with Crippen LogP contribution in [0.1, 0.15) is 41.8 Å². The number of aryl methyl sites for hydroxylation is 3. The third kappa shape index (κ3) is 5.03. The van der Waals surface area contributed by atoms with Gasteiger partial charge in [0.05, 0.1) is 11.9 Å². The van der Waals surface area contributed by atoms with E-state index < -0.39 is 0 Å². The van der Waals surface area contributed by atoms with Crippen LogP contribution >= 0.6 is 24.0 Å². The summed E-state index contributed by atoms with van der Waals surface area (Å²) in [6.45, 7) is 10.0. The first kappa shape index (κ1) is 21.7. The van der Waals surface area contributed by atoms with Crippen molar-refractivity contribution in [2.45, 2.75) is 39.5 Å².